The molecule has 1 heterocycles. The first-order valence-electron chi connectivity index (χ1n) is 5.94. The Bertz CT molecular complexity index is 223. The van der Waals surface area contributed by atoms with E-state index >= 15 is 0 Å². The average molecular weight is 229 g/mol. The number of nitrogens with zero attached hydrogens (tertiary/aromatic N) is 1. The quantitative estimate of drug-likeness (QED) is 0.648. The molecule has 1 fully saturated rings. The monoisotopic (exact) mass is 229 g/mol. The highest BCUT2D eigenvalue weighted by Gasteiger charge is 2.28. The predicted octanol–water partition coefficient (Wildman–Crippen LogP) is -0.439. The molecule has 0 aromatic carbocycles. The fourth-order valence-electron chi connectivity index (χ4n) is 2.12. The molecule has 1 aliphatic heterocycles. The van der Waals surface area contributed by atoms with E-state index in [0.717, 1.165) is 19.5 Å². The normalized spacial score (nSPS) is 23.3. The zero-order valence-corrected chi connectivity index (χ0v) is 10.2. The number of likely N-dealkylation sites (tertiary alicyclic amines) is 1. The van der Waals surface area contributed by atoms with E-state index in [0.29, 0.717) is 25.6 Å². The van der Waals surface area contributed by atoms with Crippen molar-refractivity contribution in [2.45, 2.75) is 31.9 Å². The van der Waals surface area contributed by atoms with Gasteiger partial charge in [-0.1, -0.05) is 0 Å². The highest BCUT2D eigenvalue weighted by Crippen LogP contribution is 2.16. The molecule has 2 atom stereocenters. The third-order valence-electron chi connectivity index (χ3n) is 3.09. The van der Waals surface area contributed by atoms with Crippen LogP contribution in [0.1, 0.15) is 19.8 Å². The third kappa shape index (κ3) is 3.73. The minimum atomic E-state index is 0.0822. The molecular formula is C11H23N3O2. The van der Waals surface area contributed by atoms with E-state index in [1.165, 1.54) is 0 Å². The maximum atomic E-state index is 11.5. The molecule has 5 heteroatoms. The second-order valence-corrected chi connectivity index (χ2v) is 4.19. The van der Waals surface area contributed by atoms with Gasteiger partial charge in [0.2, 0.25) is 5.91 Å². The highest BCUT2D eigenvalue weighted by atomic mass is 16.5. The summed E-state index contributed by atoms with van der Waals surface area (Å²) in [6, 6.07) is 0.145. The van der Waals surface area contributed by atoms with Crippen molar-refractivity contribution < 1.29 is 9.53 Å². The lowest BCUT2D eigenvalue weighted by atomic mass is 10.1. The predicted molar refractivity (Wildman–Crippen MR) is 63.1 cm³/mol. The van der Waals surface area contributed by atoms with E-state index in [2.05, 4.69) is 10.2 Å². The van der Waals surface area contributed by atoms with Gasteiger partial charge in [0, 0.05) is 45.8 Å². The van der Waals surface area contributed by atoms with E-state index in [-0.39, 0.29) is 11.9 Å². The van der Waals surface area contributed by atoms with Crippen molar-refractivity contribution in [1.82, 2.24) is 10.2 Å². The van der Waals surface area contributed by atoms with Crippen LogP contribution in [0.25, 0.3) is 0 Å². The van der Waals surface area contributed by atoms with Gasteiger partial charge in [-0.05, 0) is 13.3 Å². The number of nitrogens with two attached hydrogens (primary N) is 1. The lowest BCUT2D eigenvalue weighted by molar-refractivity contribution is -0.122. The number of methoxy groups -OCH3 is 1. The summed E-state index contributed by atoms with van der Waals surface area (Å²) in [4.78, 5) is 13.7. The maximum absolute atomic E-state index is 11.5. The van der Waals surface area contributed by atoms with Crippen molar-refractivity contribution >= 4 is 5.91 Å². The van der Waals surface area contributed by atoms with Crippen LogP contribution >= 0.6 is 0 Å². The molecule has 0 saturated carbocycles. The summed E-state index contributed by atoms with van der Waals surface area (Å²) in [5.74, 6) is 0.0822. The van der Waals surface area contributed by atoms with Gasteiger partial charge in [0.15, 0.2) is 0 Å². The molecule has 3 N–H and O–H groups in total. The molecule has 0 aliphatic carbocycles. The van der Waals surface area contributed by atoms with Gasteiger partial charge in [-0.15, -0.1) is 0 Å². The first-order valence-corrected chi connectivity index (χ1v) is 5.94. The fraction of sp³-hybridized carbons (Fsp3) is 0.909. The first kappa shape index (κ1) is 13.4. The Labute approximate surface area is 97.3 Å². The topological polar surface area (TPSA) is 67.6 Å². The van der Waals surface area contributed by atoms with Crippen LogP contribution in [-0.4, -0.2) is 56.2 Å². The van der Waals surface area contributed by atoms with Crippen LogP contribution in [-0.2, 0) is 9.53 Å². The molecule has 16 heavy (non-hydrogen) atoms. The molecule has 0 aromatic rings. The van der Waals surface area contributed by atoms with Gasteiger partial charge in [0.05, 0.1) is 6.10 Å². The molecule has 0 bridgehead atoms. The summed E-state index contributed by atoms with van der Waals surface area (Å²) >= 11 is 0. The van der Waals surface area contributed by atoms with Crippen molar-refractivity contribution in [3.63, 3.8) is 0 Å². The van der Waals surface area contributed by atoms with Crippen LogP contribution in [0.3, 0.4) is 0 Å². The zero-order chi connectivity index (χ0) is 12.0. The van der Waals surface area contributed by atoms with Crippen LogP contribution in [0.15, 0.2) is 0 Å². The molecule has 0 aromatic heterocycles. The number of nitrogens with one attached hydrogen (secondary N) is 1. The van der Waals surface area contributed by atoms with E-state index in [1.54, 1.807) is 7.11 Å². The summed E-state index contributed by atoms with van der Waals surface area (Å²) < 4.78 is 5.31. The Balaban J connectivity index is 2.39. The van der Waals surface area contributed by atoms with Crippen molar-refractivity contribution in [2.24, 2.45) is 5.73 Å². The Kier molecular flexibility index (Phi) is 5.73. The minimum absolute atomic E-state index is 0.0822. The molecule has 0 spiro atoms. The average Bonchev–Trinajstić information content (AvgIpc) is 2.74. The van der Waals surface area contributed by atoms with E-state index in [4.69, 9.17) is 10.5 Å². The van der Waals surface area contributed by atoms with E-state index < -0.39 is 0 Å². The lowest BCUT2D eigenvalue weighted by Gasteiger charge is -2.25. The largest absolute Gasteiger partial charge is 0.380 e. The second-order valence-electron chi connectivity index (χ2n) is 4.19. The van der Waals surface area contributed by atoms with Crippen molar-refractivity contribution in [1.29, 1.82) is 0 Å². The molecule has 94 valence electrons. The number of hydrogen-bond donors (Lipinski definition) is 2. The minimum Gasteiger partial charge on any atom is -0.380 e. The number of carbonyl (C=O) groups excluding carboxylic acids is 1. The zero-order valence-electron chi connectivity index (χ0n) is 10.2. The summed E-state index contributed by atoms with van der Waals surface area (Å²) in [5.41, 5.74) is 5.72. The van der Waals surface area contributed by atoms with Gasteiger partial charge < -0.3 is 15.8 Å². The number of rotatable bonds is 6. The number of carbonyl (C=O) groups is 1. The smallest absolute Gasteiger partial charge is 0.221 e. The van der Waals surface area contributed by atoms with Crippen LogP contribution < -0.4 is 11.1 Å². The molecule has 1 amide bonds. The molecule has 1 aliphatic rings. The number of ether oxygens (including phenoxy) is 1. The summed E-state index contributed by atoms with van der Waals surface area (Å²) in [5, 5.41) is 2.81. The number of amides is 1. The van der Waals surface area contributed by atoms with Crippen molar-refractivity contribution in [2.75, 3.05) is 33.3 Å². The Morgan fingerprint density at radius 1 is 1.69 bits per heavy atom. The van der Waals surface area contributed by atoms with Crippen LogP contribution in [0.4, 0.5) is 0 Å². The molecule has 1 saturated heterocycles. The summed E-state index contributed by atoms with van der Waals surface area (Å²) in [6.07, 6.45) is 1.81. The molecule has 5 nitrogen and oxygen atoms in total. The lowest BCUT2D eigenvalue weighted by Crippen LogP contribution is -2.43. The molecule has 0 radical (unpaired) electrons. The van der Waals surface area contributed by atoms with E-state index in [9.17, 15) is 4.79 Å². The summed E-state index contributed by atoms with van der Waals surface area (Å²) in [6.45, 7) is 4.98. The maximum Gasteiger partial charge on any atom is 0.221 e. The van der Waals surface area contributed by atoms with Crippen LogP contribution in [0.2, 0.25) is 0 Å². The van der Waals surface area contributed by atoms with Crippen LogP contribution in [0.5, 0.6) is 0 Å². The van der Waals surface area contributed by atoms with Gasteiger partial charge in [-0.2, -0.15) is 0 Å². The van der Waals surface area contributed by atoms with Gasteiger partial charge in [-0.3, -0.25) is 9.69 Å². The van der Waals surface area contributed by atoms with Gasteiger partial charge >= 0.3 is 0 Å². The molecule has 2 unspecified atom stereocenters. The Morgan fingerprint density at radius 3 is 2.94 bits per heavy atom. The highest BCUT2D eigenvalue weighted by molar-refractivity contribution is 5.76. The van der Waals surface area contributed by atoms with Gasteiger partial charge in [0.25, 0.3) is 0 Å². The molecular weight excluding hydrogens is 206 g/mol. The summed E-state index contributed by atoms with van der Waals surface area (Å²) in [7, 11) is 1.73. The van der Waals surface area contributed by atoms with Gasteiger partial charge in [0.1, 0.15) is 0 Å². The standard InChI is InChI=1S/C11H23N3O2/c1-3-13-11(15)6-9(7-12)14-5-4-10(8-14)16-2/h9-10H,3-8,12H2,1-2H3,(H,13,15). The molecule has 1 rings (SSSR count). The van der Waals surface area contributed by atoms with Crippen molar-refractivity contribution in [3.05, 3.63) is 0 Å². The fourth-order valence-corrected chi connectivity index (χ4v) is 2.12. The third-order valence-corrected chi connectivity index (χ3v) is 3.09. The Morgan fingerprint density at radius 2 is 2.44 bits per heavy atom. The van der Waals surface area contributed by atoms with Gasteiger partial charge in [-0.25, -0.2) is 0 Å². The first-order chi connectivity index (χ1) is 7.71. The van der Waals surface area contributed by atoms with Crippen molar-refractivity contribution in [3.8, 4) is 0 Å². The SMILES string of the molecule is CCNC(=O)CC(CN)N1CCC(OC)C1. The number of hydrogen-bond acceptors (Lipinski definition) is 4. The van der Waals surface area contributed by atoms with E-state index in [1.807, 2.05) is 6.92 Å². The second kappa shape index (κ2) is 6.83. The van der Waals surface area contributed by atoms with Crippen LogP contribution in [0, 0.1) is 0 Å². The Hall–Kier alpha value is -0.650.